The van der Waals surface area contributed by atoms with E-state index in [1.54, 1.807) is 24.3 Å². The van der Waals surface area contributed by atoms with Gasteiger partial charge in [0.1, 0.15) is 17.3 Å². The van der Waals surface area contributed by atoms with Gasteiger partial charge < -0.3 is 15.8 Å². The molecule has 0 radical (unpaired) electrons. The molecule has 2 aromatic carbocycles. The van der Waals surface area contributed by atoms with Gasteiger partial charge in [-0.2, -0.15) is 0 Å². The van der Waals surface area contributed by atoms with Crippen LogP contribution in [0.15, 0.2) is 48.5 Å². The van der Waals surface area contributed by atoms with Crippen molar-refractivity contribution in [2.75, 3.05) is 6.54 Å². The van der Waals surface area contributed by atoms with Crippen LogP contribution in [0.5, 0.6) is 11.5 Å². The van der Waals surface area contributed by atoms with E-state index in [9.17, 15) is 9.18 Å². The zero-order valence-electron chi connectivity index (χ0n) is 11.5. The number of hydrogen-bond acceptors (Lipinski definition) is 3. The van der Waals surface area contributed by atoms with Crippen molar-refractivity contribution in [1.82, 2.24) is 5.32 Å². The monoisotopic (exact) mass is 288 g/mol. The number of rotatable bonds is 6. The largest absolute Gasteiger partial charge is 0.457 e. The SMILES string of the molecule is NCCC(=O)NCc1ccc(Oc2ccc(F)cc2)cc1. The normalized spacial score (nSPS) is 10.2. The van der Waals surface area contributed by atoms with Gasteiger partial charge in [-0.05, 0) is 42.0 Å². The maximum Gasteiger partial charge on any atom is 0.221 e. The standard InChI is InChI=1S/C16H17FN2O2/c17-13-3-7-15(8-4-13)21-14-5-1-12(2-6-14)11-19-16(20)9-10-18/h1-8H,9-11,18H2,(H,19,20). The lowest BCUT2D eigenvalue weighted by atomic mass is 10.2. The number of carbonyl (C=O) groups excluding carboxylic acids is 1. The molecule has 0 saturated heterocycles. The molecule has 0 aliphatic rings. The molecule has 2 aromatic rings. The zero-order chi connectivity index (χ0) is 15.1. The molecule has 0 aliphatic carbocycles. The molecular formula is C16H17FN2O2. The minimum atomic E-state index is -0.300. The second kappa shape index (κ2) is 7.40. The lowest BCUT2D eigenvalue weighted by Crippen LogP contribution is -2.24. The van der Waals surface area contributed by atoms with Crippen LogP contribution in [0, 0.1) is 5.82 Å². The fourth-order valence-corrected chi connectivity index (χ4v) is 1.73. The summed E-state index contributed by atoms with van der Waals surface area (Å²) in [6.07, 6.45) is 0.325. The number of halogens is 1. The Hall–Kier alpha value is -2.40. The van der Waals surface area contributed by atoms with E-state index in [0.717, 1.165) is 5.56 Å². The molecule has 0 bridgehead atoms. The van der Waals surface area contributed by atoms with Crippen molar-refractivity contribution >= 4 is 5.91 Å². The van der Waals surface area contributed by atoms with Gasteiger partial charge in [-0.15, -0.1) is 0 Å². The van der Waals surface area contributed by atoms with Crippen molar-refractivity contribution in [3.05, 3.63) is 59.9 Å². The van der Waals surface area contributed by atoms with Gasteiger partial charge in [-0.3, -0.25) is 4.79 Å². The van der Waals surface area contributed by atoms with E-state index in [0.29, 0.717) is 31.0 Å². The number of amides is 1. The van der Waals surface area contributed by atoms with E-state index in [4.69, 9.17) is 10.5 Å². The van der Waals surface area contributed by atoms with Crippen LogP contribution in [-0.4, -0.2) is 12.5 Å². The number of nitrogens with one attached hydrogen (secondary N) is 1. The molecule has 3 N–H and O–H groups in total. The molecular weight excluding hydrogens is 271 g/mol. The first-order valence-corrected chi connectivity index (χ1v) is 6.66. The molecule has 0 heterocycles. The third kappa shape index (κ3) is 4.89. The first-order chi connectivity index (χ1) is 10.2. The van der Waals surface area contributed by atoms with E-state index in [2.05, 4.69) is 5.32 Å². The number of benzene rings is 2. The fourth-order valence-electron chi connectivity index (χ4n) is 1.73. The molecule has 2 rings (SSSR count). The van der Waals surface area contributed by atoms with Gasteiger partial charge in [-0.1, -0.05) is 12.1 Å². The van der Waals surface area contributed by atoms with Crippen LogP contribution in [0.3, 0.4) is 0 Å². The maximum absolute atomic E-state index is 12.8. The second-order valence-corrected chi connectivity index (χ2v) is 4.52. The van der Waals surface area contributed by atoms with Crippen molar-refractivity contribution in [1.29, 1.82) is 0 Å². The van der Waals surface area contributed by atoms with Crippen molar-refractivity contribution in [3.8, 4) is 11.5 Å². The molecule has 1 amide bonds. The summed E-state index contributed by atoms with van der Waals surface area (Å²) in [7, 11) is 0. The average Bonchev–Trinajstić information content (AvgIpc) is 2.49. The molecule has 0 aliphatic heterocycles. The van der Waals surface area contributed by atoms with Gasteiger partial charge in [0.25, 0.3) is 0 Å². The smallest absolute Gasteiger partial charge is 0.221 e. The topological polar surface area (TPSA) is 64.4 Å². The number of carbonyl (C=O) groups is 1. The number of nitrogens with two attached hydrogens (primary N) is 1. The van der Waals surface area contributed by atoms with Crippen LogP contribution in [0.1, 0.15) is 12.0 Å². The Labute approximate surface area is 122 Å². The Morgan fingerprint density at radius 1 is 1.05 bits per heavy atom. The highest BCUT2D eigenvalue weighted by molar-refractivity contribution is 5.76. The summed E-state index contributed by atoms with van der Waals surface area (Å²) in [6, 6.07) is 13.1. The second-order valence-electron chi connectivity index (χ2n) is 4.52. The van der Waals surface area contributed by atoms with Crippen LogP contribution >= 0.6 is 0 Å². The van der Waals surface area contributed by atoms with Crippen molar-refractivity contribution in [3.63, 3.8) is 0 Å². The van der Waals surface area contributed by atoms with Gasteiger partial charge in [0.15, 0.2) is 0 Å². The number of hydrogen-bond donors (Lipinski definition) is 2. The summed E-state index contributed by atoms with van der Waals surface area (Å²) in [4.78, 5) is 11.3. The molecule has 0 spiro atoms. The third-order valence-electron chi connectivity index (χ3n) is 2.83. The molecule has 0 atom stereocenters. The Balaban J connectivity index is 1.89. The van der Waals surface area contributed by atoms with E-state index >= 15 is 0 Å². The highest BCUT2D eigenvalue weighted by Crippen LogP contribution is 2.21. The van der Waals surface area contributed by atoms with E-state index in [1.165, 1.54) is 12.1 Å². The molecule has 4 nitrogen and oxygen atoms in total. The Morgan fingerprint density at radius 2 is 1.62 bits per heavy atom. The molecule has 0 aromatic heterocycles. The van der Waals surface area contributed by atoms with Crippen LogP contribution in [0.2, 0.25) is 0 Å². The first-order valence-electron chi connectivity index (χ1n) is 6.66. The van der Waals surface area contributed by atoms with E-state index < -0.39 is 0 Å². The Kier molecular flexibility index (Phi) is 5.29. The summed E-state index contributed by atoms with van der Waals surface area (Å²) < 4.78 is 18.4. The average molecular weight is 288 g/mol. The van der Waals surface area contributed by atoms with Crippen LogP contribution in [0.4, 0.5) is 4.39 Å². The molecule has 5 heteroatoms. The fraction of sp³-hybridized carbons (Fsp3) is 0.188. The molecule has 21 heavy (non-hydrogen) atoms. The molecule has 0 saturated carbocycles. The van der Waals surface area contributed by atoms with Crippen LogP contribution < -0.4 is 15.8 Å². The lowest BCUT2D eigenvalue weighted by Gasteiger charge is -2.08. The Bertz CT molecular complexity index is 582. The Morgan fingerprint density at radius 3 is 2.19 bits per heavy atom. The van der Waals surface area contributed by atoms with E-state index in [-0.39, 0.29) is 11.7 Å². The molecule has 110 valence electrons. The van der Waals surface area contributed by atoms with Gasteiger partial charge >= 0.3 is 0 Å². The molecule has 0 unspecified atom stereocenters. The quantitative estimate of drug-likeness (QED) is 0.858. The predicted molar refractivity (Wildman–Crippen MR) is 78.4 cm³/mol. The van der Waals surface area contributed by atoms with Gasteiger partial charge in [0.05, 0.1) is 0 Å². The summed E-state index contributed by atoms with van der Waals surface area (Å²) >= 11 is 0. The van der Waals surface area contributed by atoms with Gasteiger partial charge in [0, 0.05) is 19.5 Å². The van der Waals surface area contributed by atoms with Crippen LogP contribution in [0.25, 0.3) is 0 Å². The highest BCUT2D eigenvalue weighted by atomic mass is 19.1. The molecule has 0 fully saturated rings. The van der Waals surface area contributed by atoms with Crippen molar-refractivity contribution < 1.29 is 13.9 Å². The van der Waals surface area contributed by atoms with E-state index in [1.807, 2.05) is 12.1 Å². The minimum absolute atomic E-state index is 0.0656. The first kappa shape index (κ1) is 15.0. The number of ether oxygens (including phenoxy) is 1. The summed E-state index contributed by atoms with van der Waals surface area (Å²) in [5.74, 6) is 0.856. The summed E-state index contributed by atoms with van der Waals surface area (Å²) in [6.45, 7) is 0.798. The maximum atomic E-state index is 12.8. The minimum Gasteiger partial charge on any atom is -0.457 e. The van der Waals surface area contributed by atoms with Crippen molar-refractivity contribution in [2.24, 2.45) is 5.73 Å². The zero-order valence-corrected chi connectivity index (χ0v) is 11.5. The van der Waals surface area contributed by atoms with Gasteiger partial charge in [-0.25, -0.2) is 4.39 Å². The van der Waals surface area contributed by atoms with Gasteiger partial charge in [0.2, 0.25) is 5.91 Å². The summed E-state index contributed by atoms with van der Waals surface area (Å²) in [5, 5.41) is 2.77. The third-order valence-corrected chi connectivity index (χ3v) is 2.83. The predicted octanol–water partition coefficient (Wildman–Crippen LogP) is 2.58. The van der Waals surface area contributed by atoms with Crippen LogP contribution in [-0.2, 0) is 11.3 Å². The lowest BCUT2D eigenvalue weighted by molar-refractivity contribution is -0.121. The summed E-state index contributed by atoms with van der Waals surface area (Å²) in [5.41, 5.74) is 6.26. The van der Waals surface area contributed by atoms with Crippen molar-refractivity contribution in [2.45, 2.75) is 13.0 Å². The highest BCUT2D eigenvalue weighted by Gasteiger charge is 2.01.